The quantitative estimate of drug-likeness (QED) is 0.323. The second-order valence-electron chi connectivity index (χ2n) is 3.65. The van der Waals surface area contributed by atoms with Crippen LogP contribution in [0.2, 0.25) is 0 Å². The minimum Gasteiger partial charge on any atom is -0.388 e. The van der Waals surface area contributed by atoms with E-state index in [1.54, 1.807) is 0 Å². The van der Waals surface area contributed by atoms with E-state index in [-0.39, 0.29) is 5.57 Å². The van der Waals surface area contributed by atoms with Crippen molar-refractivity contribution >= 4 is 34.4 Å². The van der Waals surface area contributed by atoms with Crippen LogP contribution in [0, 0.1) is 0 Å². The average Bonchev–Trinajstić information content (AvgIpc) is 2.70. The lowest BCUT2D eigenvalue weighted by Crippen LogP contribution is -2.35. The van der Waals surface area contributed by atoms with Gasteiger partial charge in [-0.05, 0) is 0 Å². The molecule has 88 valence electrons. The summed E-state index contributed by atoms with van der Waals surface area (Å²) in [6.45, 7) is 0. The zero-order valence-electron chi connectivity index (χ0n) is 8.09. The third kappa shape index (κ3) is 1.88. The zero-order valence-corrected chi connectivity index (χ0v) is 10.2. The zero-order chi connectivity index (χ0) is 11.9. The summed E-state index contributed by atoms with van der Waals surface area (Å²) < 4.78 is 5.84. The van der Waals surface area contributed by atoms with Crippen molar-refractivity contribution in [2.75, 3.05) is 4.43 Å². The first kappa shape index (κ1) is 12.0. The molecule has 0 aromatic heterocycles. The van der Waals surface area contributed by atoms with E-state index in [2.05, 4.69) is 5.32 Å². The van der Waals surface area contributed by atoms with Crippen LogP contribution in [0.1, 0.15) is 0 Å². The van der Waals surface area contributed by atoms with E-state index in [1.807, 2.05) is 22.6 Å². The van der Waals surface area contributed by atoms with E-state index in [4.69, 9.17) is 4.74 Å². The smallest absolute Gasteiger partial charge is 0.256 e. The molecule has 2 rings (SSSR count). The lowest BCUT2D eigenvalue weighted by molar-refractivity contribution is -0.124. The lowest BCUT2D eigenvalue weighted by Gasteiger charge is -2.13. The maximum absolute atomic E-state index is 11.3. The number of aliphatic hydroxyl groups is 2. The largest absolute Gasteiger partial charge is 0.388 e. The minimum absolute atomic E-state index is 0.0731. The Morgan fingerprint density at radius 2 is 2.06 bits per heavy atom. The molecule has 16 heavy (non-hydrogen) atoms. The second-order valence-corrected chi connectivity index (χ2v) is 4.53. The van der Waals surface area contributed by atoms with Gasteiger partial charge in [0.15, 0.2) is 0 Å². The average molecular weight is 339 g/mol. The van der Waals surface area contributed by atoms with Crippen molar-refractivity contribution in [3.63, 3.8) is 0 Å². The van der Waals surface area contributed by atoms with Crippen LogP contribution in [-0.4, -0.2) is 50.9 Å². The summed E-state index contributed by atoms with van der Waals surface area (Å²) >= 11 is 2.01. The van der Waals surface area contributed by atoms with Crippen molar-refractivity contribution in [3.8, 4) is 0 Å². The van der Waals surface area contributed by atoms with E-state index in [9.17, 15) is 19.8 Å². The van der Waals surface area contributed by atoms with Gasteiger partial charge in [-0.1, -0.05) is 22.6 Å². The molecule has 3 N–H and O–H groups in total. The highest BCUT2D eigenvalue weighted by molar-refractivity contribution is 14.1. The molecule has 0 aromatic carbocycles. The van der Waals surface area contributed by atoms with Gasteiger partial charge in [-0.15, -0.1) is 0 Å². The Bertz CT molecular complexity index is 369. The Balaban J connectivity index is 2.20. The van der Waals surface area contributed by atoms with Crippen molar-refractivity contribution in [1.82, 2.24) is 5.32 Å². The van der Waals surface area contributed by atoms with Crippen LogP contribution in [0.3, 0.4) is 0 Å². The molecule has 0 unspecified atom stereocenters. The molecule has 0 aliphatic carbocycles. The van der Waals surface area contributed by atoms with Gasteiger partial charge < -0.3 is 14.9 Å². The first-order valence-electron chi connectivity index (χ1n) is 4.69. The van der Waals surface area contributed by atoms with Gasteiger partial charge in [-0.25, -0.2) is 0 Å². The third-order valence-electron chi connectivity index (χ3n) is 2.61. The van der Waals surface area contributed by atoms with Gasteiger partial charge in [0.25, 0.3) is 11.8 Å². The maximum Gasteiger partial charge on any atom is 0.256 e. The highest BCUT2D eigenvalue weighted by atomic mass is 127. The summed E-state index contributed by atoms with van der Waals surface area (Å²) in [6.07, 6.45) is -2.57. The van der Waals surface area contributed by atoms with Crippen LogP contribution in [-0.2, 0) is 14.3 Å². The van der Waals surface area contributed by atoms with E-state index >= 15 is 0 Å². The number of halogens is 1. The normalized spacial score (nSPS) is 38.8. The highest BCUT2D eigenvalue weighted by Gasteiger charge is 2.46. The molecular formula is C9H10INO5. The Kier molecular flexibility index (Phi) is 3.29. The molecular weight excluding hydrogens is 329 g/mol. The topological polar surface area (TPSA) is 95.9 Å². The first-order chi connectivity index (χ1) is 7.54. The van der Waals surface area contributed by atoms with Gasteiger partial charge in [-0.2, -0.15) is 0 Å². The molecule has 4 atom stereocenters. The molecule has 0 aromatic rings. The number of carbonyl (C=O) groups excluding carboxylic acids is 2. The van der Waals surface area contributed by atoms with Crippen LogP contribution in [0.25, 0.3) is 0 Å². The summed E-state index contributed by atoms with van der Waals surface area (Å²) in [6, 6.07) is 0. The van der Waals surface area contributed by atoms with Gasteiger partial charge in [0, 0.05) is 10.5 Å². The fraction of sp³-hybridized carbons (Fsp3) is 0.556. The molecule has 2 heterocycles. The summed E-state index contributed by atoms with van der Waals surface area (Å²) in [5.41, 5.74) is 0.0731. The van der Waals surface area contributed by atoms with Gasteiger partial charge in [-0.3, -0.25) is 14.9 Å². The van der Waals surface area contributed by atoms with E-state index < -0.39 is 36.2 Å². The number of carbonyl (C=O) groups is 2. The predicted octanol–water partition coefficient (Wildman–Crippen LogP) is -1.51. The van der Waals surface area contributed by atoms with Crippen molar-refractivity contribution in [1.29, 1.82) is 0 Å². The Morgan fingerprint density at radius 3 is 2.50 bits per heavy atom. The van der Waals surface area contributed by atoms with Gasteiger partial charge >= 0.3 is 0 Å². The number of imide groups is 1. The fourth-order valence-electron chi connectivity index (χ4n) is 1.77. The number of nitrogens with one attached hydrogen (secondary N) is 1. The lowest BCUT2D eigenvalue weighted by atomic mass is 10.0. The summed E-state index contributed by atoms with van der Waals surface area (Å²) in [4.78, 5) is 22.3. The van der Waals surface area contributed by atoms with E-state index in [0.717, 1.165) is 6.08 Å². The highest BCUT2D eigenvalue weighted by Crippen LogP contribution is 2.28. The number of ether oxygens (including phenoxy) is 1. The minimum atomic E-state index is -1.18. The van der Waals surface area contributed by atoms with Crippen LogP contribution < -0.4 is 5.32 Å². The molecule has 6 nitrogen and oxygen atoms in total. The number of rotatable bonds is 2. The summed E-state index contributed by atoms with van der Waals surface area (Å²) in [5, 5.41) is 21.4. The number of aliphatic hydroxyl groups excluding tert-OH is 2. The summed E-state index contributed by atoms with van der Waals surface area (Å²) in [7, 11) is 0. The van der Waals surface area contributed by atoms with Crippen molar-refractivity contribution < 1.29 is 24.5 Å². The van der Waals surface area contributed by atoms with Crippen LogP contribution in [0.5, 0.6) is 0 Å². The molecule has 0 radical (unpaired) electrons. The Morgan fingerprint density at radius 1 is 1.38 bits per heavy atom. The predicted molar refractivity (Wildman–Crippen MR) is 60.8 cm³/mol. The molecule has 2 amide bonds. The molecule has 7 heteroatoms. The van der Waals surface area contributed by atoms with Crippen molar-refractivity contribution in [2.45, 2.75) is 24.4 Å². The van der Waals surface area contributed by atoms with E-state index in [1.165, 1.54) is 0 Å². The number of hydrogen-bond acceptors (Lipinski definition) is 5. The first-order valence-corrected chi connectivity index (χ1v) is 6.21. The van der Waals surface area contributed by atoms with Crippen molar-refractivity contribution in [2.24, 2.45) is 0 Å². The van der Waals surface area contributed by atoms with Gasteiger partial charge in [0.1, 0.15) is 18.3 Å². The number of hydrogen-bond donors (Lipinski definition) is 3. The van der Waals surface area contributed by atoms with Gasteiger partial charge in [0.2, 0.25) is 0 Å². The number of amides is 2. The standard InChI is InChI=1S/C9H10INO5/c10-2-4-6(13)7(14)8(16-4)3-1-5(12)11-9(3)15/h1,4,6-8,13-14H,2H2,(H,11,12,15)/t4-,6+,7-,8-/m0/s1. The molecule has 2 aliphatic rings. The second kappa shape index (κ2) is 4.40. The fourth-order valence-corrected chi connectivity index (χ4v) is 2.50. The molecule has 0 saturated carbocycles. The summed E-state index contributed by atoms with van der Waals surface area (Å²) in [5.74, 6) is -1.10. The monoisotopic (exact) mass is 339 g/mol. The number of alkyl halides is 1. The molecule has 1 fully saturated rings. The molecule has 2 aliphatic heterocycles. The third-order valence-corrected chi connectivity index (χ3v) is 3.47. The Hall–Kier alpha value is -0.510. The van der Waals surface area contributed by atoms with Crippen LogP contribution in [0.4, 0.5) is 0 Å². The van der Waals surface area contributed by atoms with E-state index in [0.29, 0.717) is 4.43 Å². The van der Waals surface area contributed by atoms with Crippen LogP contribution >= 0.6 is 22.6 Å². The maximum atomic E-state index is 11.3. The molecule has 0 spiro atoms. The van der Waals surface area contributed by atoms with Gasteiger partial charge in [0.05, 0.1) is 11.7 Å². The molecule has 0 bridgehead atoms. The van der Waals surface area contributed by atoms with Crippen molar-refractivity contribution in [3.05, 3.63) is 11.6 Å². The Labute approximate surface area is 105 Å². The van der Waals surface area contributed by atoms with Crippen LogP contribution in [0.15, 0.2) is 11.6 Å². The SMILES string of the molecule is O=C1C=C([C@@H]2O[C@@H](CI)[C@@H](O)[C@@H]2O)C(=O)N1. The molecule has 1 saturated heterocycles.